The molecule has 0 bridgehead atoms. The van der Waals surface area contributed by atoms with Crippen molar-refractivity contribution in [3.63, 3.8) is 0 Å². The van der Waals surface area contributed by atoms with Crippen molar-refractivity contribution in [2.75, 3.05) is 31.1 Å². The molecule has 3 aliphatic heterocycles. The van der Waals surface area contributed by atoms with E-state index in [0.29, 0.717) is 17.6 Å². The van der Waals surface area contributed by atoms with E-state index in [1.807, 2.05) is 18.2 Å². The summed E-state index contributed by atoms with van der Waals surface area (Å²) in [6, 6.07) is 6.98. The van der Waals surface area contributed by atoms with Gasteiger partial charge in [-0.3, -0.25) is 4.79 Å². The number of hydrogen-bond acceptors (Lipinski definition) is 3. The number of nitrogens with zero attached hydrogens (tertiary/aromatic N) is 3. The fourth-order valence-corrected chi connectivity index (χ4v) is 7.03. The van der Waals surface area contributed by atoms with Gasteiger partial charge in [0.15, 0.2) is 5.69 Å². The maximum atomic E-state index is 13.7. The maximum Gasteiger partial charge on any atom is 0.234 e. The third-order valence-corrected chi connectivity index (χ3v) is 9.11. The smallest absolute Gasteiger partial charge is 0.234 e. The highest BCUT2D eigenvalue weighted by molar-refractivity contribution is 6.05. The molecule has 1 saturated carbocycles. The first kappa shape index (κ1) is 22.9. The lowest BCUT2D eigenvalue weighted by Crippen LogP contribution is -2.50. The SMILES string of the molecule is [C-]#[N+]c1ccc2c(c1)C(CC1CCNC1)C(=O)N2C1CCN(C2CCC(C(C)C)CC2)CC1. The van der Waals surface area contributed by atoms with Gasteiger partial charge in [-0.15, -0.1) is 0 Å². The zero-order valence-electron chi connectivity index (χ0n) is 20.4. The Kier molecular flexibility index (Phi) is 6.77. The van der Waals surface area contributed by atoms with Crippen LogP contribution in [0, 0.1) is 24.3 Å². The van der Waals surface area contributed by atoms with E-state index in [-0.39, 0.29) is 11.8 Å². The Bertz CT molecular complexity index is 884. The van der Waals surface area contributed by atoms with Crippen molar-refractivity contribution >= 4 is 17.3 Å². The van der Waals surface area contributed by atoms with Crippen molar-refractivity contribution in [1.82, 2.24) is 10.2 Å². The molecule has 1 amide bonds. The molecule has 4 aliphatic rings. The third-order valence-electron chi connectivity index (χ3n) is 9.11. The van der Waals surface area contributed by atoms with E-state index >= 15 is 0 Å². The molecule has 5 rings (SSSR count). The first-order valence-electron chi connectivity index (χ1n) is 13.3. The van der Waals surface area contributed by atoms with E-state index < -0.39 is 0 Å². The topological polar surface area (TPSA) is 39.9 Å². The Hall–Kier alpha value is -1.90. The second-order valence-corrected chi connectivity index (χ2v) is 11.3. The van der Waals surface area contributed by atoms with Crippen LogP contribution in [-0.4, -0.2) is 49.1 Å². The van der Waals surface area contributed by atoms with Crippen LogP contribution in [0.15, 0.2) is 18.2 Å². The first-order chi connectivity index (χ1) is 16.0. The molecule has 0 radical (unpaired) electrons. The van der Waals surface area contributed by atoms with Crippen LogP contribution in [0.5, 0.6) is 0 Å². The van der Waals surface area contributed by atoms with Crippen LogP contribution in [0.4, 0.5) is 11.4 Å². The Balaban J connectivity index is 1.27. The van der Waals surface area contributed by atoms with Crippen LogP contribution < -0.4 is 10.2 Å². The van der Waals surface area contributed by atoms with Gasteiger partial charge in [0.25, 0.3) is 0 Å². The molecule has 2 atom stereocenters. The van der Waals surface area contributed by atoms with Gasteiger partial charge >= 0.3 is 0 Å². The summed E-state index contributed by atoms with van der Waals surface area (Å²) < 4.78 is 0. The Morgan fingerprint density at radius 1 is 1.06 bits per heavy atom. The number of hydrogen-bond donors (Lipinski definition) is 1. The molecule has 33 heavy (non-hydrogen) atoms. The third kappa shape index (κ3) is 4.57. The van der Waals surface area contributed by atoms with Crippen molar-refractivity contribution < 1.29 is 4.79 Å². The summed E-state index contributed by atoms with van der Waals surface area (Å²) in [7, 11) is 0. The number of amides is 1. The predicted octanol–water partition coefficient (Wildman–Crippen LogP) is 5.35. The van der Waals surface area contributed by atoms with E-state index in [0.717, 1.165) is 81.0 Å². The summed E-state index contributed by atoms with van der Waals surface area (Å²) in [6.07, 6.45) is 9.64. The number of anilines is 1. The highest BCUT2D eigenvalue weighted by Gasteiger charge is 2.43. The lowest BCUT2D eigenvalue weighted by atomic mass is 9.79. The molecule has 1 aromatic carbocycles. The lowest BCUT2D eigenvalue weighted by Gasteiger charge is -2.43. The average Bonchev–Trinajstić information content (AvgIpc) is 3.45. The van der Waals surface area contributed by atoms with Crippen LogP contribution >= 0.6 is 0 Å². The van der Waals surface area contributed by atoms with E-state index in [9.17, 15) is 4.79 Å². The van der Waals surface area contributed by atoms with Gasteiger partial charge in [-0.25, -0.2) is 4.85 Å². The van der Waals surface area contributed by atoms with E-state index in [1.54, 1.807) is 0 Å². The number of fused-ring (bicyclic) bond motifs is 1. The van der Waals surface area contributed by atoms with Crippen LogP contribution in [-0.2, 0) is 4.79 Å². The minimum atomic E-state index is -0.0732. The Labute approximate surface area is 199 Å². The summed E-state index contributed by atoms with van der Waals surface area (Å²) in [5.41, 5.74) is 2.85. The fourth-order valence-electron chi connectivity index (χ4n) is 7.03. The number of benzene rings is 1. The van der Waals surface area contributed by atoms with Crippen LogP contribution in [0.1, 0.15) is 76.7 Å². The van der Waals surface area contributed by atoms with Crippen molar-refractivity contribution in [2.24, 2.45) is 17.8 Å². The van der Waals surface area contributed by atoms with Gasteiger partial charge in [0.1, 0.15) is 0 Å². The molecule has 178 valence electrons. The largest absolute Gasteiger partial charge is 0.316 e. The molecule has 3 heterocycles. The van der Waals surface area contributed by atoms with Crippen LogP contribution in [0.2, 0.25) is 0 Å². The quantitative estimate of drug-likeness (QED) is 0.618. The van der Waals surface area contributed by atoms with Crippen LogP contribution in [0.25, 0.3) is 4.85 Å². The molecule has 1 aliphatic carbocycles. The molecular weight excluding hydrogens is 408 g/mol. The second kappa shape index (κ2) is 9.76. The van der Waals surface area contributed by atoms with Crippen molar-refractivity contribution in [3.8, 4) is 0 Å². The first-order valence-corrected chi connectivity index (χ1v) is 13.3. The highest BCUT2D eigenvalue weighted by Crippen LogP contribution is 2.45. The number of carbonyl (C=O) groups is 1. The average molecular weight is 449 g/mol. The predicted molar refractivity (Wildman–Crippen MR) is 134 cm³/mol. The van der Waals surface area contributed by atoms with E-state index in [1.165, 1.54) is 25.7 Å². The zero-order chi connectivity index (χ0) is 22.9. The Morgan fingerprint density at radius 3 is 2.45 bits per heavy atom. The van der Waals surface area contributed by atoms with Crippen molar-refractivity contribution in [2.45, 2.75) is 83.2 Å². The summed E-state index contributed by atoms with van der Waals surface area (Å²) in [5, 5.41) is 3.45. The van der Waals surface area contributed by atoms with Crippen molar-refractivity contribution in [1.29, 1.82) is 0 Å². The Morgan fingerprint density at radius 2 is 1.82 bits per heavy atom. The van der Waals surface area contributed by atoms with Gasteiger partial charge in [-0.1, -0.05) is 26.0 Å². The molecule has 0 spiro atoms. The van der Waals surface area contributed by atoms with Crippen molar-refractivity contribution in [3.05, 3.63) is 35.2 Å². The van der Waals surface area contributed by atoms with Crippen LogP contribution in [0.3, 0.4) is 0 Å². The second-order valence-electron chi connectivity index (χ2n) is 11.3. The molecule has 2 saturated heterocycles. The zero-order valence-corrected chi connectivity index (χ0v) is 20.4. The molecule has 1 N–H and O–H groups in total. The van der Waals surface area contributed by atoms with Gasteiger partial charge in [-0.2, -0.15) is 0 Å². The molecular formula is C28H40N4O. The fraction of sp³-hybridized carbons (Fsp3) is 0.714. The normalized spacial score (nSPS) is 31.2. The number of likely N-dealkylation sites (tertiary alicyclic amines) is 1. The van der Waals surface area contributed by atoms with E-state index in [2.05, 4.69) is 33.8 Å². The number of nitrogens with one attached hydrogen (secondary N) is 1. The summed E-state index contributed by atoms with van der Waals surface area (Å²) >= 11 is 0. The number of carbonyl (C=O) groups excluding carboxylic acids is 1. The molecule has 5 heteroatoms. The molecule has 2 unspecified atom stereocenters. The molecule has 5 nitrogen and oxygen atoms in total. The van der Waals surface area contributed by atoms with Gasteiger partial charge in [0.2, 0.25) is 5.91 Å². The van der Waals surface area contributed by atoms with Gasteiger partial charge in [0, 0.05) is 30.9 Å². The summed E-state index contributed by atoms with van der Waals surface area (Å²) in [4.78, 5) is 22.3. The summed E-state index contributed by atoms with van der Waals surface area (Å²) in [6.45, 7) is 16.5. The molecule has 3 fully saturated rings. The van der Waals surface area contributed by atoms with Gasteiger partial charge in [0.05, 0.1) is 12.5 Å². The van der Waals surface area contributed by atoms with Gasteiger partial charge in [-0.05, 0) is 93.8 Å². The standard InChI is InChI=1S/C28H40N4O/c1-19(2)21-4-7-23(8-5-21)31-14-11-24(12-15-31)32-27-9-6-22(29-3)17-25(27)26(28(32)33)16-20-10-13-30-18-20/h6,9,17,19-21,23-24,26,30H,4-5,7-8,10-16,18H2,1-2H3. The van der Waals surface area contributed by atoms with E-state index in [4.69, 9.17) is 6.57 Å². The number of piperidine rings is 1. The molecule has 0 aromatic heterocycles. The van der Waals surface area contributed by atoms with Gasteiger partial charge < -0.3 is 15.1 Å². The highest BCUT2D eigenvalue weighted by atomic mass is 16.2. The molecule has 1 aromatic rings. The minimum Gasteiger partial charge on any atom is -0.316 e. The number of rotatable bonds is 5. The minimum absolute atomic E-state index is 0.0732. The maximum absolute atomic E-state index is 13.7. The lowest BCUT2D eigenvalue weighted by molar-refractivity contribution is -0.120. The summed E-state index contributed by atoms with van der Waals surface area (Å²) in [5.74, 6) is 2.50. The monoisotopic (exact) mass is 448 g/mol.